The maximum absolute atomic E-state index is 12.2. The van der Waals surface area contributed by atoms with E-state index in [1.54, 1.807) is 0 Å². The van der Waals surface area contributed by atoms with Crippen LogP contribution < -0.4 is 0 Å². The molecule has 1 amide bonds. The van der Waals surface area contributed by atoms with E-state index < -0.39 is 0 Å². The Kier molecular flexibility index (Phi) is 6.27. The van der Waals surface area contributed by atoms with Crippen molar-refractivity contribution in [3.8, 4) is 11.4 Å². The first-order valence-corrected chi connectivity index (χ1v) is 10.6. The third-order valence-corrected chi connectivity index (χ3v) is 6.11. The molecular formula is C21H27ClN4O2. The largest absolute Gasteiger partial charge is 0.343 e. The molecule has 2 aliphatic rings. The van der Waals surface area contributed by atoms with E-state index in [-0.39, 0.29) is 0 Å². The molecule has 1 aromatic heterocycles. The van der Waals surface area contributed by atoms with Crippen LogP contribution in [0.1, 0.15) is 44.4 Å². The van der Waals surface area contributed by atoms with E-state index in [4.69, 9.17) is 16.1 Å². The molecule has 0 atom stereocenters. The van der Waals surface area contributed by atoms with E-state index >= 15 is 0 Å². The van der Waals surface area contributed by atoms with Gasteiger partial charge in [0.05, 0.1) is 6.54 Å². The molecule has 28 heavy (non-hydrogen) atoms. The molecule has 3 heterocycles. The highest BCUT2D eigenvalue weighted by molar-refractivity contribution is 6.30. The van der Waals surface area contributed by atoms with Gasteiger partial charge in [0, 0.05) is 30.1 Å². The van der Waals surface area contributed by atoms with Gasteiger partial charge in [0.1, 0.15) is 0 Å². The zero-order chi connectivity index (χ0) is 19.3. The number of nitrogens with zero attached hydrogens (tertiary/aromatic N) is 4. The van der Waals surface area contributed by atoms with E-state index in [2.05, 4.69) is 15.0 Å². The molecule has 2 fully saturated rings. The molecule has 0 N–H and O–H groups in total. The Balaban J connectivity index is 1.21. The molecule has 7 heteroatoms. The maximum atomic E-state index is 12.2. The Morgan fingerprint density at radius 1 is 1.11 bits per heavy atom. The fourth-order valence-electron chi connectivity index (χ4n) is 4.11. The van der Waals surface area contributed by atoms with Gasteiger partial charge in [-0.3, -0.25) is 9.69 Å². The molecule has 0 aliphatic carbocycles. The van der Waals surface area contributed by atoms with Crippen LogP contribution in [0.15, 0.2) is 28.8 Å². The number of likely N-dealkylation sites (tertiary alicyclic amines) is 2. The number of rotatable bonds is 6. The highest BCUT2D eigenvalue weighted by Gasteiger charge is 2.23. The first-order valence-electron chi connectivity index (χ1n) is 10.3. The molecule has 2 aromatic rings. The normalized spacial score (nSPS) is 18.7. The summed E-state index contributed by atoms with van der Waals surface area (Å²) in [6.07, 6.45) is 6.32. The minimum Gasteiger partial charge on any atom is -0.343 e. The van der Waals surface area contributed by atoms with Crippen molar-refractivity contribution < 1.29 is 9.32 Å². The number of carbonyl (C=O) groups is 1. The van der Waals surface area contributed by atoms with E-state index in [1.165, 1.54) is 12.8 Å². The molecule has 6 nitrogen and oxygen atoms in total. The molecule has 4 rings (SSSR count). The third kappa shape index (κ3) is 4.92. The predicted molar refractivity (Wildman–Crippen MR) is 108 cm³/mol. The van der Waals surface area contributed by atoms with Crippen LogP contribution in [0.25, 0.3) is 11.4 Å². The third-order valence-electron chi connectivity index (χ3n) is 5.86. The van der Waals surface area contributed by atoms with Crippen molar-refractivity contribution in [2.24, 2.45) is 5.92 Å². The summed E-state index contributed by atoms with van der Waals surface area (Å²) in [6.45, 7) is 4.63. The van der Waals surface area contributed by atoms with Gasteiger partial charge in [-0.1, -0.05) is 16.8 Å². The highest BCUT2D eigenvalue weighted by Crippen LogP contribution is 2.24. The first kappa shape index (κ1) is 19.4. The van der Waals surface area contributed by atoms with Gasteiger partial charge in [0.15, 0.2) is 0 Å². The van der Waals surface area contributed by atoms with Crippen molar-refractivity contribution in [2.75, 3.05) is 26.2 Å². The molecule has 0 radical (unpaired) electrons. The SMILES string of the molecule is O=C(CCC1CCN(Cc2nc(-c3ccc(Cl)cc3)no2)CC1)N1CCCC1. The molecular weight excluding hydrogens is 376 g/mol. The summed E-state index contributed by atoms with van der Waals surface area (Å²) in [5.74, 6) is 2.24. The fraction of sp³-hybridized carbons (Fsp3) is 0.571. The van der Waals surface area contributed by atoms with Crippen molar-refractivity contribution in [1.29, 1.82) is 0 Å². The first-order chi connectivity index (χ1) is 13.7. The van der Waals surface area contributed by atoms with Crippen molar-refractivity contribution >= 4 is 17.5 Å². The summed E-state index contributed by atoms with van der Waals surface area (Å²) in [6, 6.07) is 7.44. The van der Waals surface area contributed by atoms with Gasteiger partial charge in [-0.2, -0.15) is 4.98 Å². The molecule has 0 bridgehead atoms. The number of amides is 1. The monoisotopic (exact) mass is 402 g/mol. The second-order valence-corrected chi connectivity index (χ2v) is 8.30. The maximum Gasteiger partial charge on any atom is 0.241 e. The summed E-state index contributed by atoms with van der Waals surface area (Å²) in [5, 5.41) is 4.78. The van der Waals surface area contributed by atoms with Crippen LogP contribution in [0, 0.1) is 5.92 Å². The van der Waals surface area contributed by atoms with E-state index in [9.17, 15) is 4.79 Å². The van der Waals surface area contributed by atoms with Crippen LogP contribution in [0.5, 0.6) is 0 Å². The van der Waals surface area contributed by atoms with Gasteiger partial charge >= 0.3 is 0 Å². The number of hydrogen-bond donors (Lipinski definition) is 0. The van der Waals surface area contributed by atoms with Gasteiger partial charge in [-0.15, -0.1) is 0 Å². The fourth-order valence-corrected chi connectivity index (χ4v) is 4.24. The average molecular weight is 403 g/mol. The molecule has 1 aromatic carbocycles. The van der Waals surface area contributed by atoms with E-state index in [1.807, 2.05) is 29.2 Å². The van der Waals surface area contributed by atoms with Crippen molar-refractivity contribution in [1.82, 2.24) is 19.9 Å². The van der Waals surface area contributed by atoms with Gasteiger partial charge in [-0.25, -0.2) is 0 Å². The molecule has 2 saturated heterocycles. The second kappa shape index (κ2) is 9.05. The lowest BCUT2D eigenvalue weighted by Crippen LogP contribution is -2.34. The Bertz CT molecular complexity index is 778. The topological polar surface area (TPSA) is 62.5 Å². The highest BCUT2D eigenvalue weighted by atomic mass is 35.5. The minimum atomic E-state index is 0.348. The Morgan fingerprint density at radius 3 is 2.54 bits per heavy atom. The number of hydrogen-bond acceptors (Lipinski definition) is 5. The van der Waals surface area contributed by atoms with Crippen LogP contribution in [0.4, 0.5) is 0 Å². The predicted octanol–water partition coefficient (Wildman–Crippen LogP) is 4.00. The lowest BCUT2D eigenvalue weighted by atomic mass is 9.92. The Morgan fingerprint density at radius 2 is 1.82 bits per heavy atom. The van der Waals surface area contributed by atoms with Gasteiger partial charge in [-0.05, 0) is 75.4 Å². The lowest BCUT2D eigenvalue weighted by molar-refractivity contribution is -0.130. The van der Waals surface area contributed by atoms with Gasteiger partial charge in [0.25, 0.3) is 0 Å². The van der Waals surface area contributed by atoms with E-state index in [0.29, 0.717) is 41.5 Å². The van der Waals surface area contributed by atoms with Crippen LogP contribution in [0.2, 0.25) is 5.02 Å². The van der Waals surface area contributed by atoms with Gasteiger partial charge < -0.3 is 9.42 Å². The van der Waals surface area contributed by atoms with Crippen LogP contribution in [-0.2, 0) is 11.3 Å². The molecule has 0 spiro atoms. The smallest absolute Gasteiger partial charge is 0.241 e. The van der Waals surface area contributed by atoms with Crippen LogP contribution >= 0.6 is 11.6 Å². The number of carbonyl (C=O) groups excluding carboxylic acids is 1. The minimum absolute atomic E-state index is 0.348. The molecule has 0 unspecified atom stereocenters. The number of aromatic nitrogens is 2. The Labute approximate surface area is 170 Å². The molecule has 150 valence electrons. The summed E-state index contributed by atoms with van der Waals surface area (Å²) < 4.78 is 5.43. The number of benzene rings is 1. The zero-order valence-electron chi connectivity index (χ0n) is 16.1. The number of halogens is 1. The summed E-state index contributed by atoms with van der Waals surface area (Å²) >= 11 is 5.93. The summed E-state index contributed by atoms with van der Waals surface area (Å²) in [4.78, 5) is 21.1. The average Bonchev–Trinajstić information content (AvgIpc) is 3.40. The standard InChI is InChI=1S/C21H27ClN4O2/c22-18-6-4-17(5-7-18)21-23-19(28-24-21)15-25-13-9-16(10-14-25)3-8-20(27)26-11-1-2-12-26/h4-7,16H,1-3,8-15H2. The summed E-state index contributed by atoms with van der Waals surface area (Å²) in [7, 11) is 0. The second-order valence-electron chi connectivity index (χ2n) is 7.86. The Hall–Kier alpha value is -1.92. The number of piperidine rings is 1. The van der Waals surface area contributed by atoms with Crippen molar-refractivity contribution in [3.63, 3.8) is 0 Å². The zero-order valence-corrected chi connectivity index (χ0v) is 16.9. The van der Waals surface area contributed by atoms with Crippen LogP contribution in [0.3, 0.4) is 0 Å². The quantitative estimate of drug-likeness (QED) is 0.730. The lowest BCUT2D eigenvalue weighted by Gasteiger charge is -2.31. The van der Waals surface area contributed by atoms with Crippen molar-refractivity contribution in [2.45, 2.75) is 45.1 Å². The van der Waals surface area contributed by atoms with Gasteiger partial charge in [0.2, 0.25) is 17.6 Å². The van der Waals surface area contributed by atoms with E-state index in [0.717, 1.165) is 51.0 Å². The van der Waals surface area contributed by atoms with Crippen molar-refractivity contribution in [3.05, 3.63) is 35.2 Å². The van der Waals surface area contributed by atoms with Crippen LogP contribution in [-0.4, -0.2) is 52.0 Å². The summed E-state index contributed by atoms with van der Waals surface area (Å²) in [5.41, 5.74) is 0.903. The molecule has 0 saturated carbocycles. The molecule has 2 aliphatic heterocycles.